The first-order valence-electron chi connectivity index (χ1n) is 4.17. The summed E-state index contributed by atoms with van der Waals surface area (Å²) in [5, 5.41) is 0.869. The molecule has 1 unspecified atom stereocenters. The molecule has 0 aliphatic heterocycles. The molecule has 0 aliphatic carbocycles. The van der Waals surface area contributed by atoms with Crippen LogP contribution < -0.4 is 5.73 Å². The number of pyridine rings is 1. The molecule has 0 bridgehead atoms. The summed E-state index contributed by atoms with van der Waals surface area (Å²) in [5.74, 6) is 0. The van der Waals surface area contributed by atoms with Gasteiger partial charge in [0.05, 0.1) is 22.0 Å². The van der Waals surface area contributed by atoms with Gasteiger partial charge in [0, 0.05) is 22.7 Å². The molecule has 2 aromatic rings. The number of nitrogens with two attached hydrogens (primary N) is 1. The van der Waals surface area contributed by atoms with Crippen LogP contribution in [-0.2, 0) is 10.8 Å². The molecule has 14 heavy (non-hydrogen) atoms. The number of anilines is 1. The van der Waals surface area contributed by atoms with Gasteiger partial charge in [0.25, 0.3) is 0 Å². The van der Waals surface area contributed by atoms with Crippen LogP contribution in [0.15, 0.2) is 35.4 Å². The summed E-state index contributed by atoms with van der Waals surface area (Å²) in [4.78, 5) is 4.94. The van der Waals surface area contributed by atoms with Gasteiger partial charge in [-0.05, 0) is 24.3 Å². The molecule has 0 amide bonds. The molecule has 0 fully saturated rings. The minimum absolute atomic E-state index is 0.620. The van der Waals surface area contributed by atoms with Gasteiger partial charge in [-0.15, -0.1) is 0 Å². The number of nitrogen functional groups attached to an aromatic ring is 1. The van der Waals surface area contributed by atoms with Crippen LogP contribution in [0, 0.1) is 0 Å². The van der Waals surface area contributed by atoms with E-state index in [9.17, 15) is 4.21 Å². The Balaban J connectivity index is 2.88. The number of fused-ring (bicyclic) bond motifs is 1. The molecule has 72 valence electrons. The van der Waals surface area contributed by atoms with Gasteiger partial charge in [0.1, 0.15) is 0 Å². The SMILES string of the molecule is CS(=O)c1ccc(N)c2ncccc12. The largest absolute Gasteiger partial charge is 0.397 e. The zero-order valence-electron chi connectivity index (χ0n) is 7.73. The molecule has 4 heteroatoms. The molecule has 1 atom stereocenters. The van der Waals surface area contributed by atoms with Crippen LogP contribution in [0.3, 0.4) is 0 Å². The fourth-order valence-corrected chi connectivity index (χ4v) is 2.15. The lowest BCUT2D eigenvalue weighted by Gasteiger charge is -2.04. The van der Waals surface area contributed by atoms with Gasteiger partial charge in [-0.2, -0.15) is 0 Å². The summed E-state index contributed by atoms with van der Waals surface area (Å²) >= 11 is 0. The van der Waals surface area contributed by atoms with E-state index in [1.807, 2.05) is 12.1 Å². The maximum atomic E-state index is 11.4. The van der Waals surface area contributed by atoms with Crippen LogP contribution >= 0.6 is 0 Å². The molecular weight excluding hydrogens is 196 g/mol. The summed E-state index contributed by atoms with van der Waals surface area (Å²) in [6.07, 6.45) is 3.33. The second-order valence-electron chi connectivity index (χ2n) is 3.01. The zero-order chi connectivity index (χ0) is 10.1. The Labute approximate surface area is 84.4 Å². The highest BCUT2D eigenvalue weighted by atomic mass is 32.2. The third-order valence-corrected chi connectivity index (χ3v) is 3.05. The highest BCUT2D eigenvalue weighted by Crippen LogP contribution is 2.24. The normalized spacial score (nSPS) is 12.9. The van der Waals surface area contributed by atoms with Crippen molar-refractivity contribution in [2.75, 3.05) is 12.0 Å². The Bertz CT molecular complexity index is 510. The van der Waals surface area contributed by atoms with E-state index in [0.717, 1.165) is 15.8 Å². The molecule has 0 radical (unpaired) electrons. The minimum Gasteiger partial charge on any atom is -0.397 e. The van der Waals surface area contributed by atoms with Gasteiger partial charge in [0.2, 0.25) is 0 Å². The van der Waals surface area contributed by atoms with Crippen LogP contribution in [0.25, 0.3) is 10.9 Å². The van der Waals surface area contributed by atoms with E-state index >= 15 is 0 Å². The summed E-state index contributed by atoms with van der Waals surface area (Å²) < 4.78 is 11.4. The molecule has 1 aromatic carbocycles. The molecule has 1 aromatic heterocycles. The predicted molar refractivity (Wildman–Crippen MR) is 58.5 cm³/mol. The number of benzene rings is 1. The van der Waals surface area contributed by atoms with E-state index < -0.39 is 10.8 Å². The van der Waals surface area contributed by atoms with E-state index in [1.54, 1.807) is 24.6 Å². The average Bonchev–Trinajstić information content (AvgIpc) is 2.18. The van der Waals surface area contributed by atoms with Crippen LogP contribution in [0.4, 0.5) is 5.69 Å². The third-order valence-electron chi connectivity index (χ3n) is 2.07. The van der Waals surface area contributed by atoms with Gasteiger partial charge in [-0.1, -0.05) is 0 Å². The maximum absolute atomic E-state index is 11.4. The second kappa shape index (κ2) is 3.38. The molecule has 0 aliphatic rings. The first-order chi connectivity index (χ1) is 6.70. The summed E-state index contributed by atoms with van der Waals surface area (Å²) in [7, 11) is -1.01. The first-order valence-corrected chi connectivity index (χ1v) is 5.72. The lowest BCUT2D eigenvalue weighted by Crippen LogP contribution is -1.94. The highest BCUT2D eigenvalue weighted by molar-refractivity contribution is 7.84. The van der Waals surface area contributed by atoms with E-state index in [-0.39, 0.29) is 0 Å². The lowest BCUT2D eigenvalue weighted by molar-refractivity contribution is 0.687. The van der Waals surface area contributed by atoms with Gasteiger partial charge in [-0.3, -0.25) is 9.19 Å². The van der Waals surface area contributed by atoms with Gasteiger partial charge >= 0.3 is 0 Å². The van der Waals surface area contributed by atoms with Crippen LogP contribution in [-0.4, -0.2) is 15.4 Å². The second-order valence-corrected chi connectivity index (χ2v) is 4.35. The summed E-state index contributed by atoms with van der Waals surface area (Å²) in [6, 6.07) is 7.23. The maximum Gasteiger partial charge on any atom is 0.0943 e. The number of hydrogen-bond acceptors (Lipinski definition) is 3. The monoisotopic (exact) mass is 206 g/mol. The number of rotatable bonds is 1. The number of nitrogens with zero attached hydrogens (tertiary/aromatic N) is 1. The van der Waals surface area contributed by atoms with Crippen molar-refractivity contribution < 1.29 is 4.21 Å². The standard InChI is InChI=1S/C10H10N2OS/c1-14(13)9-5-4-8(11)10-7(9)3-2-6-12-10/h2-6H,11H2,1H3. The van der Waals surface area contributed by atoms with Gasteiger partial charge in [0.15, 0.2) is 0 Å². The van der Waals surface area contributed by atoms with Crippen LogP contribution in [0.5, 0.6) is 0 Å². The fraction of sp³-hybridized carbons (Fsp3) is 0.100. The number of aromatic nitrogens is 1. The van der Waals surface area contributed by atoms with Crippen molar-refractivity contribution in [3.8, 4) is 0 Å². The van der Waals surface area contributed by atoms with Crippen molar-refractivity contribution in [3.63, 3.8) is 0 Å². The Morgan fingerprint density at radius 2 is 2.14 bits per heavy atom. The third kappa shape index (κ3) is 1.37. The molecule has 1 heterocycles. The van der Waals surface area contributed by atoms with Crippen LogP contribution in [0.2, 0.25) is 0 Å². The summed E-state index contributed by atoms with van der Waals surface area (Å²) in [6.45, 7) is 0. The van der Waals surface area contributed by atoms with E-state index in [0.29, 0.717) is 5.69 Å². The van der Waals surface area contributed by atoms with E-state index in [2.05, 4.69) is 4.98 Å². The predicted octanol–water partition coefficient (Wildman–Crippen LogP) is 1.55. The Kier molecular flexibility index (Phi) is 2.21. The fourth-order valence-electron chi connectivity index (χ4n) is 1.42. The first kappa shape index (κ1) is 9.15. The van der Waals surface area contributed by atoms with E-state index in [4.69, 9.17) is 5.73 Å². The van der Waals surface area contributed by atoms with Crippen molar-refractivity contribution in [1.29, 1.82) is 0 Å². The van der Waals surface area contributed by atoms with Crippen molar-refractivity contribution in [1.82, 2.24) is 4.98 Å². The summed E-state index contributed by atoms with van der Waals surface area (Å²) in [5.41, 5.74) is 7.11. The molecular formula is C10H10N2OS. The molecule has 2 N–H and O–H groups in total. The van der Waals surface area contributed by atoms with Crippen molar-refractivity contribution in [2.24, 2.45) is 0 Å². The Hall–Kier alpha value is -1.42. The zero-order valence-corrected chi connectivity index (χ0v) is 8.54. The minimum atomic E-state index is -1.01. The van der Waals surface area contributed by atoms with E-state index in [1.165, 1.54) is 0 Å². The highest BCUT2D eigenvalue weighted by Gasteiger charge is 2.06. The van der Waals surface area contributed by atoms with Crippen molar-refractivity contribution in [3.05, 3.63) is 30.5 Å². The number of hydrogen-bond donors (Lipinski definition) is 1. The smallest absolute Gasteiger partial charge is 0.0943 e. The van der Waals surface area contributed by atoms with Crippen molar-refractivity contribution in [2.45, 2.75) is 4.90 Å². The molecule has 3 nitrogen and oxygen atoms in total. The molecule has 0 saturated heterocycles. The molecule has 0 saturated carbocycles. The lowest BCUT2D eigenvalue weighted by atomic mass is 10.2. The topological polar surface area (TPSA) is 56.0 Å². The Morgan fingerprint density at radius 1 is 1.36 bits per heavy atom. The van der Waals surface area contributed by atoms with Gasteiger partial charge < -0.3 is 5.73 Å². The van der Waals surface area contributed by atoms with Crippen molar-refractivity contribution >= 4 is 27.4 Å². The average molecular weight is 206 g/mol. The van der Waals surface area contributed by atoms with Crippen LogP contribution in [0.1, 0.15) is 0 Å². The van der Waals surface area contributed by atoms with Gasteiger partial charge in [-0.25, -0.2) is 0 Å². The quantitative estimate of drug-likeness (QED) is 0.720. The Morgan fingerprint density at radius 3 is 2.86 bits per heavy atom. The molecule has 2 rings (SSSR count). The molecule has 0 spiro atoms.